The molecule has 22 heavy (non-hydrogen) atoms. The highest BCUT2D eigenvalue weighted by molar-refractivity contribution is 5.95. The topological polar surface area (TPSA) is 67.4 Å². The maximum absolute atomic E-state index is 11.9. The lowest BCUT2D eigenvalue weighted by Crippen LogP contribution is -2.42. The molecule has 0 bridgehead atoms. The lowest BCUT2D eigenvalue weighted by Gasteiger charge is -2.08. The van der Waals surface area contributed by atoms with Crippen LogP contribution in [0.25, 0.3) is 0 Å². The van der Waals surface area contributed by atoms with E-state index in [9.17, 15) is 9.59 Å². The monoisotopic (exact) mass is 296 g/mol. The highest BCUT2D eigenvalue weighted by Gasteiger charge is 2.29. The standard InChI is InChI=1S/C17H16N2O3/c20-16(12-6-7-12)18-19-17(21)13-8-10-15(11-9-13)22-14-4-2-1-3-5-14/h1-5,8-12H,6-7H2,(H,18,20)(H,19,21). The third kappa shape index (κ3) is 3.63. The van der Waals surface area contributed by atoms with Crippen molar-refractivity contribution in [3.8, 4) is 11.5 Å². The first-order valence-electron chi connectivity index (χ1n) is 7.15. The van der Waals surface area contributed by atoms with Crippen LogP contribution >= 0.6 is 0 Å². The van der Waals surface area contributed by atoms with Gasteiger partial charge >= 0.3 is 0 Å². The Kier molecular flexibility index (Phi) is 4.05. The zero-order chi connectivity index (χ0) is 15.4. The first-order chi connectivity index (χ1) is 10.7. The molecule has 0 aliphatic heterocycles. The summed E-state index contributed by atoms with van der Waals surface area (Å²) in [6.07, 6.45) is 1.79. The van der Waals surface area contributed by atoms with Gasteiger partial charge in [0.25, 0.3) is 5.91 Å². The Bertz CT molecular complexity index is 664. The predicted octanol–water partition coefficient (Wildman–Crippen LogP) is 2.65. The van der Waals surface area contributed by atoms with Crippen molar-refractivity contribution in [2.45, 2.75) is 12.8 Å². The van der Waals surface area contributed by atoms with Crippen LogP contribution in [0.2, 0.25) is 0 Å². The summed E-state index contributed by atoms with van der Waals surface area (Å²) in [5.74, 6) is 0.959. The highest BCUT2D eigenvalue weighted by Crippen LogP contribution is 2.28. The summed E-state index contributed by atoms with van der Waals surface area (Å²) in [4.78, 5) is 23.3. The van der Waals surface area contributed by atoms with E-state index in [1.165, 1.54) is 0 Å². The normalized spacial score (nSPS) is 13.3. The molecule has 0 atom stereocenters. The number of nitrogens with one attached hydrogen (secondary N) is 2. The molecule has 5 nitrogen and oxygen atoms in total. The van der Waals surface area contributed by atoms with E-state index in [1.807, 2.05) is 30.3 Å². The van der Waals surface area contributed by atoms with Crippen LogP contribution < -0.4 is 15.6 Å². The van der Waals surface area contributed by atoms with Gasteiger partial charge in [0.15, 0.2) is 0 Å². The molecule has 2 N–H and O–H groups in total. The number of benzene rings is 2. The summed E-state index contributed by atoms with van der Waals surface area (Å²) in [5, 5.41) is 0. The molecule has 0 heterocycles. The zero-order valence-electron chi connectivity index (χ0n) is 11.9. The number of hydrazine groups is 1. The summed E-state index contributed by atoms with van der Waals surface area (Å²) in [5.41, 5.74) is 5.29. The average molecular weight is 296 g/mol. The van der Waals surface area contributed by atoms with Crippen LogP contribution in [0.3, 0.4) is 0 Å². The summed E-state index contributed by atoms with van der Waals surface area (Å²) >= 11 is 0. The predicted molar refractivity (Wildman–Crippen MR) is 81.3 cm³/mol. The summed E-state index contributed by atoms with van der Waals surface area (Å²) < 4.78 is 5.65. The third-order valence-corrected chi connectivity index (χ3v) is 3.34. The Morgan fingerprint density at radius 3 is 2.14 bits per heavy atom. The van der Waals surface area contributed by atoms with Crippen LogP contribution in [0.15, 0.2) is 54.6 Å². The fraction of sp³-hybridized carbons (Fsp3) is 0.176. The molecule has 1 saturated carbocycles. The maximum Gasteiger partial charge on any atom is 0.269 e. The Morgan fingerprint density at radius 2 is 1.50 bits per heavy atom. The van der Waals surface area contributed by atoms with Gasteiger partial charge in [-0.05, 0) is 49.2 Å². The van der Waals surface area contributed by atoms with E-state index in [2.05, 4.69) is 10.9 Å². The number of hydrogen-bond donors (Lipinski definition) is 2. The smallest absolute Gasteiger partial charge is 0.269 e. The van der Waals surface area contributed by atoms with Crippen molar-refractivity contribution in [3.63, 3.8) is 0 Å². The minimum atomic E-state index is -0.347. The second-order valence-corrected chi connectivity index (χ2v) is 5.16. The largest absolute Gasteiger partial charge is 0.457 e. The first-order valence-corrected chi connectivity index (χ1v) is 7.15. The van der Waals surface area contributed by atoms with Gasteiger partial charge in [0.1, 0.15) is 11.5 Å². The van der Waals surface area contributed by atoms with Crippen molar-refractivity contribution >= 4 is 11.8 Å². The van der Waals surface area contributed by atoms with Gasteiger partial charge < -0.3 is 4.74 Å². The number of amides is 2. The van der Waals surface area contributed by atoms with Crippen LogP contribution in [0.1, 0.15) is 23.2 Å². The Morgan fingerprint density at radius 1 is 0.864 bits per heavy atom. The van der Waals surface area contributed by atoms with Crippen LogP contribution in [0.5, 0.6) is 11.5 Å². The average Bonchev–Trinajstić information content (AvgIpc) is 3.39. The van der Waals surface area contributed by atoms with Crippen molar-refractivity contribution in [3.05, 3.63) is 60.2 Å². The molecule has 1 aliphatic carbocycles. The van der Waals surface area contributed by atoms with Gasteiger partial charge in [0.05, 0.1) is 0 Å². The summed E-state index contributed by atoms with van der Waals surface area (Å²) in [6, 6.07) is 16.1. The third-order valence-electron chi connectivity index (χ3n) is 3.34. The van der Waals surface area contributed by atoms with Crippen LogP contribution in [-0.4, -0.2) is 11.8 Å². The lowest BCUT2D eigenvalue weighted by atomic mass is 10.2. The lowest BCUT2D eigenvalue weighted by molar-refractivity contribution is -0.123. The molecule has 112 valence electrons. The van der Waals surface area contributed by atoms with Crippen LogP contribution in [-0.2, 0) is 4.79 Å². The number of rotatable bonds is 4. The van der Waals surface area contributed by atoms with Crippen molar-refractivity contribution in [1.29, 1.82) is 0 Å². The van der Waals surface area contributed by atoms with E-state index < -0.39 is 0 Å². The van der Waals surface area contributed by atoms with E-state index in [0.29, 0.717) is 11.3 Å². The second-order valence-electron chi connectivity index (χ2n) is 5.16. The molecular weight excluding hydrogens is 280 g/mol. The minimum Gasteiger partial charge on any atom is -0.457 e. The molecule has 0 spiro atoms. The Hall–Kier alpha value is -2.82. The molecule has 2 aromatic rings. The minimum absolute atomic E-state index is 0.0574. The number of carbonyl (C=O) groups is 2. The van der Waals surface area contributed by atoms with Crippen LogP contribution in [0, 0.1) is 5.92 Å². The molecular formula is C17H16N2O3. The molecule has 2 aromatic carbocycles. The van der Waals surface area contributed by atoms with E-state index in [-0.39, 0.29) is 17.7 Å². The SMILES string of the molecule is O=C(NNC(=O)C1CC1)c1ccc(Oc2ccccc2)cc1. The Balaban J connectivity index is 1.56. The van der Waals surface area contributed by atoms with E-state index in [4.69, 9.17) is 4.74 Å². The molecule has 0 aromatic heterocycles. The van der Waals surface area contributed by atoms with Gasteiger partial charge in [-0.1, -0.05) is 18.2 Å². The van der Waals surface area contributed by atoms with Gasteiger partial charge in [0, 0.05) is 11.5 Å². The second kappa shape index (κ2) is 6.30. The fourth-order valence-electron chi connectivity index (χ4n) is 1.94. The van der Waals surface area contributed by atoms with E-state index >= 15 is 0 Å². The van der Waals surface area contributed by atoms with E-state index in [0.717, 1.165) is 18.6 Å². The summed E-state index contributed by atoms with van der Waals surface area (Å²) in [7, 11) is 0. The van der Waals surface area contributed by atoms with Gasteiger partial charge in [-0.2, -0.15) is 0 Å². The van der Waals surface area contributed by atoms with Gasteiger partial charge in [0.2, 0.25) is 5.91 Å². The van der Waals surface area contributed by atoms with Crippen molar-refractivity contribution in [2.24, 2.45) is 5.92 Å². The highest BCUT2D eigenvalue weighted by atomic mass is 16.5. The maximum atomic E-state index is 11.9. The molecule has 0 radical (unpaired) electrons. The quantitative estimate of drug-likeness (QED) is 0.852. The molecule has 2 amide bonds. The molecule has 1 aliphatic rings. The zero-order valence-corrected chi connectivity index (χ0v) is 11.9. The van der Waals surface area contributed by atoms with Gasteiger partial charge in [-0.15, -0.1) is 0 Å². The van der Waals surface area contributed by atoms with Crippen LogP contribution in [0.4, 0.5) is 0 Å². The van der Waals surface area contributed by atoms with Gasteiger partial charge in [-0.25, -0.2) is 0 Å². The Labute approximate surface area is 128 Å². The number of hydrogen-bond acceptors (Lipinski definition) is 3. The number of carbonyl (C=O) groups excluding carboxylic acids is 2. The molecule has 0 unspecified atom stereocenters. The molecule has 3 rings (SSSR count). The van der Waals surface area contributed by atoms with Crippen molar-refractivity contribution < 1.29 is 14.3 Å². The van der Waals surface area contributed by atoms with E-state index in [1.54, 1.807) is 24.3 Å². The molecule has 1 fully saturated rings. The number of ether oxygens (including phenoxy) is 1. The first kappa shape index (κ1) is 14.1. The van der Waals surface area contributed by atoms with Crippen molar-refractivity contribution in [1.82, 2.24) is 10.9 Å². The fourth-order valence-corrected chi connectivity index (χ4v) is 1.94. The molecule has 5 heteroatoms. The summed E-state index contributed by atoms with van der Waals surface area (Å²) in [6.45, 7) is 0. The molecule has 0 saturated heterocycles. The van der Waals surface area contributed by atoms with Gasteiger partial charge in [-0.3, -0.25) is 20.4 Å². The van der Waals surface area contributed by atoms with Crippen molar-refractivity contribution in [2.75, 3.05) is 0 Å². The number of para-hydroxylation sites is 1.